The van der Waals surface area contributed by atoms with Gasteiger partial charge < -0.3 is 17.2 Å². The molecule has 0 aromatic heterocycles. The molecule has 0 heterocycles. The molecule has 0 saturated carbocycles. The van der Waals surface area contributed by atoms with Crippen LogP contribution < -0.4 is 17.2 Å². The lowest BCUT2D eigenvalue weighted by Gasteiger charge is -2.06. The minimum Gasteiger partial charge on any atom is -0.399 e. The van der Waals surface area contributed by atoms with E-state index in [1.807, 2.05) is 39.0 Å². The Labute approximate surface area is 167 Å². The van der Waals surface area contributed by atoms with Gasteiger partial charge >= 0.3 is 0 Å². The maximum Gasteiger partial charge on any atom is 0.0316 e. The van der Waals surface area contributed by atoms with E-state index in [1.165, 1.54) is 24.0 Å². The number of nitrogens with two attached hydrogens (primary N) is 3. The molecule has 0 fully saturated rings. The van der Waals surface area contributed by atoms with Gasteiger partial charge in [-0.25, -0.2) is 0 Å². The first kappa shape index (κ1) is 26.5. The van der Waals surface area contributed by atoms with E-state index in [2.05, 4.69) is 39.1 Å². The highest BCUT2D eigenvalue weighted by molar-refractivity contribution is 5.44. The zero-order chi connectivity index (χ0) is 21.2. The molecule has 0 bridgehead atoms. The molecule has 1 aromatic carbocycles. The quantitative estimate of drug-likeness (QED) is 0.420. The molecular weight excluding hydrogens is 330 g/mol. The summed E-state index contributed by atoms with van der Waals surface area (Å²) < 4.78 is 0. The summed E-state index contributed by atoms with van der Waals surface area (Å²) in [7, 11) is 0. The monoisotopic (exact) mass is 369 g/mol. The average Bonchev–Trinajstić information content (AvgIpc) is 2.67. The van der Waals surface area contributed by atoms with E-state index in [0.29, 0.717) is 11.4 Å². The fraction of sp³-hybridized carbons (Fsp3) is 0.333. The first-order valence-corrected chi connectivity index (χ1v) is 9.62. The third-order valence-corrected chi connectivity index (χ3v) is 3.47. The fourth-order valence-electron chi connectivity index (χ4n) is 2.06. The highest BCUT2D eigenvalue weighted by atomic mass is 14.6. The maximum absolute atomic E-state index is 5.70. The molecule has 0 aliphatic carbocycles. The van der Waals surface area contributed by atoms with Gasteiger partial charge in [0.15, 0.2) is 0 Å². The standard InChI is InChI=1S/C11H16N2.C11H17N.C2H6/c1-4-11(13)8-6-9(2)5-7-10(3)12;1-3-5-10-6-7-11(12)8-9(10)4-2;1-2/h4-8H,2-3,12-13H2,1H3;6-8H,3-5,12H2,1-2H3;1-2H3/b7-5+,8-6-,11-4+;;. The molecule has 3 heteroatoms. The summed E-state index contributed by atoms with van der Waals surface area (Å²) in [6.07, 6.45) is 12.3. The number of aryl methyl sites for hydroxylation is 2. The smallest absolute Gasteiger partial charge is 0.0316 e. The molecule has 27 heavy (non-hydrogen) atoms. The summed E-state index contributed by atoms with van der Waals surface area (Å²) in [5.41, 5.74) is 22.4. The topological polar surface area (TPSA) is 78.1 Å². The molecule has 0 unspecified atom stereocenters. The van der Waals surface area contributed by atoms with Gasteiger partial charge in [0, 0.05) is 17.1 Å². The van der Waals surface area contributed by atoms with E-state index in [0.717, 1.165) is 17.7 Å². The third kappa shape index (κ3) is 14.2. The molecule has 0 atom stereocenters. The van der Waals surface area contributed by atoms with Gasteiger partial charge in [-0.3, -0.25) is 0 Å². The predicted molar refractivity (Wildman–Crippen MR) is 124 cm³/mol. The van der Waals surface area contributed by atoms with Crippen LogP contribution in [0.2, 0.25) is 0 Å². The summed E-state index contributed by atoms with van der Waals surface area (Å²) >= 11 is 0. The largest absolute Gasteiger partial charge is 0.399 e. The van der Waals surface area contributed by atoms with Crippen molar-refractivity contribution in [1.29, 1.82) is 0 Å². The van der Waals surface area contributed by atoms with E-state index in [4.69, 9.17) is 17.2 Å². The molecule has 0 amide bonds. The number of nitrogen functional groups attached to an aromatic ring is 1. The fourth-order valence-corrected chi connectivity index (χ4v) is 2.06. The second-order valence-electron chi connectivity index (χ2n) is 5.74. The van der Waals surface area contributed by atoms with Gasteiger partial charge in [-0.15, -0.1) is 0 Å². The normalized spacial score (nSPS) is 10.8. The second kappa shape index (κ2) is 16.8. The highest BCUT2D eigenvalue weighted by Gasteiger charge is 1.99. The highest BCUT2D eigenvalue weighted by Crippen LogP contribution is 2.15. The van der Waals surface area contributed by atoms with Crippen molar-refractivity contribution in [2.45, 2.75) is 53.9 Å². The van der Waals surface area contributed by atoms with E-state index in [1.54, 1.807) is 18.2 Å². The van der Waals surface area contributed by atoms with Gasteiger partial charge in [0.05, 0.1) is 0 Å². The van der Waals surface area contributed by atoms with Crippen LogP contribution in [-0.4, -0.2) is 0 Å². The Morgan fingerprint density at radius 2 is 1.56 bits per heavy atom. The number of rotatable bonds is 7. The van der Waals surface area contributed by atoms with Crippen molar-refractivity contribution >= 4 is 5.69 Å². The average molecular weight is 370 g/mol. The van der Waals surface area contributed by atoms with Crippen molar-refractivity contribution in [2.75, 3.05) is 5.73 Å². The molecule has 1 rings (SSSR count). The number of anilines is 1. The van der Waals surface area contributed by atoms with Crippen LogP contribution in [-0.2, 0) is 12.8 Å². The minimum absolute atomic E-state index is 0.508. The van der Waals surface area contributed by atoms with Gasteiger partial charge in [0.2, 0.25) is 0 Å². The lowest BCUT2D eigenvalue weighted by molar-refractivity contribution is 0.900. The lowest BCUT2D eigenvalue weighted by Crippen LogP contribution is -1.94. The van der Waals surface area contributed by atoms with Crippen molar-refractivity contribution < 1.29 is 0 Å². The van der Waals surface area contributed by atoms with Crippen LogP contribution in [0.5, 0.6) is 0 Å². The zero-order valence-corrected chi connectivity index (χ0v) is 17.9. The van der Waals surface area contributed by atoms with E-state index < -0.39 is 0 Å². The molecule has 6 N–H and O–H groups in total. The predicted octanol–water partition coefficient (Wildman–Crippen LogP) is 5.80. The molecule has 3 nitrogen and oxygen atoms in total. The van der Waals surface area contributed by atoms with Crippen molar-refractivity contribution in [3.63, 3.8) is 0 Å². The van der Waals surface area contributed by atoms with E-state index in [9.17, 15) is 0 Å². The van der Waals surface area contributed by atoms with Gasteiger partial charge in [-0.05, 0) is 60.8 Å². The second-order valence-corrected chi connectivity index (χ2v) is 5.74. The molecule has 1 aromatic rings. The van der Waals surface area contributed by atoms with Crippen LogP contribution in [0.25, 0.3) is 0 Å². The molecule has 0 saturated heterocycles. The van der Waals surface area contributed by atoms with Crippen LogP contribution in [0.4, 0.5) is 5.69 Å². The van der Waals surface area contributed by atoms with Crippen molar-refractivity contribution in [2.24, 2.45) is 11.5 Å². The molecule has 150 valence electrons. The summed E-state index contributed by atoms with van der Waals surface area (Å²) in [4.78, 5) is 0. The first-order chi connectivity index (χ1) is 12.8. The summed E-state index contributed by atoms with van der Waals surface area (Å²) in [5.74, 6) is 0. The van der Waals surface area contributed by atoms with Gasteiger partial charge in [-0.2, -0.15) is 0 Å². The number of benzene rings is 1. The van der Waals surface area contributed by atoms with Crippen LogP contribution in [0.3, 0.4) is 0 Å². The van der Waals surface area contributed by atoms with Crippen LogP contribution in [0.15, 0.2) is 78.7 Å². The Balaban J connectivity index is 0. The van der Waals surface area contributed by atoms with Crippen LogP contribution in [0, 0.1) is 0 Å². The van der Waals surface area contributed by atoms with Gasteiger partial charge in [0.1, 0.15) is 0 Å². The Bertz CT molecular complexity index is 650. The number of allylic oxidation sites excluding steroid dienone is 6. The van der Waals surface area contributed by atoms with Crippen molar-refractivity contribution in [3.05, 3.63) is 89.8 Å². The molecular formula is C24H39N3. The molecule has 0 aliphatic heterocycles. The Hall–Kier alpha value is -2.68. The number of hydrogen-bond acceptors (Lipinski definition) is 3. The molecule has 0 aliphatic rings. The van der Waals surface area contributed by atoms with E-state index in [-0.39, 0.29) is 0 Å². The Morgan fingerprint density at radius 3 is 2.04 bits per heavy atom. The maximum atomic E-state index is 5.70. The first-order valence-electron chi connectivity index (χ1n) is 9.62. The van der Waals surface area contributed by atoms with Crippen molar-refractivity contribution in [3.8, 4) is 0 Å². The summed E-state index contributed by atoms with van der Waals surface area (Å²) in [5, 5.41) is 0. The molecule has 0 spiro atoms. The minimum atomic E-state index is 0.508. The molecule has 0 radical (unpaired) electrons. The zero-order valence-electron chi connectivity index (χ0n) is 17.9. The number of hydrogen-bond donors (Lipinski definition) is 3. The van der Waals surface area contributed by atoms with E-state index >= 15 is 0 Å². The van der Waals surface area contributed by atoms with Gasteiger partial charge in [0.25, 0.3) is 0 Å². The van der Waals surface area contributed by atoms with Crippen LogP contribution in [0.1, 0.15) is 52.2 Å². The van der Waals surface area contributed by atoms with Gasteiger partial charge in [-0.1, -0.05) is 71.6 Å². The summed E-state index contributed by atoms with van der Waals surface area (Å²) in [6, 6.07) is 6.23. The van der Waals surface area contributed by atoms with Crippen molar-refractivity contribution in [1.82, 2.24) is 0 Å². The van der Waals surface area contributed by atoms with Crippen LogP contribution >= 0.6 is 0 Å². The SMILES string of the molecule is C=C(N)/C=C/C(=C)/C=C\C(N)=C/C.CC.CCCc1ccc(N)cc1CC. The third-order valence-electron chi connectivity index (χ3n) is 3.47. The Kier molecular flexibility index (Phi) is 16.5. The summed E-state index contributed by atoms with van der Waals surface area (Å²) in [6.45, 7) is 17.6. The lowest BCUT2D eigenvalue weighted by atomic mass is 10.0. The Morgan fingerprint density at radius 1 is 0.963 bits per heavy atom.